The van der Waals surface area contributed by atoms with E-state index >= 15 is 0 Å². The predicted molar refractivity (Wildman–Crippen MR) is 75.1 cm³/mol. The molecule has 1 atom stereocenters. The van der Waals surface area contributed by atoms with Gasteiger partial charge in [0.2, 0.25) is 5.91 Å². The minimum absolute atomic E-state index is 0.103. The van der Waals surface area contributed by atoms with Crippen LogP contribution >= 0.6 is 0 Å². The summed E-state index contributed by atoms with van der Waals surface area (Å²) in [5.41, 5.74) is 0.858. The van der Waals surface area contributed by atoms with Gasteiger partial charge in [0.05, 0.1) is 6.42 Å². The number of hydrogen-bond acceptors (Lipinski definition) is 3. The Morgan fingerprint density at radius 3 is 2.95 bits per heavy atom. The van der Waals surface area contributed by atoms with Gasteiger partial charge in [-0.3, -0.25) is 4.79 Å². The summed E-state index contributed by atoms with van der Waals surface area (Å²) in [5.74, 6) is 0.314. The Kier molecular flexibility index (Phi) is 4.43. The fourth-order valence-corrected chi connectivity index (χ4v) is 2.60. The number of phenols is 1. The second-order valence-corrected chi connectivity index (χ2v) is 5.40. The molecular formula is C15H22N2O2. The molecule has 0 spiro atoms. The normalized spacial score (nSPS) is 19.6. The fraction of sp³-hybridized carbons (Fsp3) is 0.533. The van der Waals surface area contributed by atoms with Crippen molar-refractivity contribution in [1.82, 2.24) is 9.80 Å². The number of amides is 1. The van der Waals surface area contributed by atoms with E-state index in [1.807, 2.05) is 13.1 Å². The van der Waals surface area contributed by atoms with E-state index in [1.54, 1.807) is 23.1 Å². The van der Waals surface area contributed by atoms with E-state index in [4.69, 9.17) is 0 Å². The van der Waals surface area contributed by atoms with E-state index in [0.29, 0.717) is 12.5 Å². The van der Waals surface area contributed by atoms with Gasteiger partial charge < -0.3 is 14.9 Å². The molecule has 1 aliphatic heterocycles. The number of hydrogen-bond donors (Lipinski definition) is 1. The number of likely N-dealkylation sites (tertiary alicyclic amines) is 1. The first-order valence-corrected chi connectivity index (χ1v) is 6.78. The molecule has 2 rings (SSSR count). The van der Waals surface area contributed by atoms with Gasteiger partial charge in [-0.25, -0.2) is 0 Å². The van der Waals surface area contributed by atoms with E-state index in [2.05, 4.69) is 11.9 Å². The third-order valence-electron chi connectivity index (χ3n) is 3.85. The maximum absolute atomic E-state index is 12.1. The van der Waals surface area contributed by atoms with Crippen molar-refractivity contribution in [1.29, 1.82) is 0 Å². The molecule has 0 aromatic heterocycles. The van der Waals surface area contributed by atoms with Crippen LogP contribution in [0, 0.1) is 0 Å². The molecule has 1 aromatic rings. The highest BCUT2D eigenvalue weighted by molar-refractivity contribution is 5.78. The zero-order valence-corrected chi connectivity index (χ0v) is 11.7. The molecule has 1 amide bonds. The van der Waals surface area contributed by atoms with Gasteiger partial charge in [0.1, 0.15) is 5.75 Å². The molecule has 1 heterocycles. The lowest BCUT2D eigenvalue weighted by Crippen LogP contribution is -2.40. The average Bonchev–Trinajstić information content (AvgIpc) is 2.75. The van der Waals surface area contributed by atoms with Gasteiger partial charge in [-0.15, -0.1) is 0 Å². The monoisotopic (exact) mass is 262 g/mol. The number of carbonyl (C=O) groups is 1. The molecule has 104 valence electrons. The van der Waals surface area contributed by atoms with E-state index in [1.165, 1.54) is 12.8 Å². The van der Waals surface area contributed by atoms with Gasteiger partial charge in [0.25, 0.3) is 0 Å². The van der Waals surface area contributed by atoms with Crippen LogP contribution in [0.4, 0.5) is 0 Å². The number of benzene rings is 1. The SMILES string of the molecule is CN(CC1CCCN1C)C(=O)Cc1cccc(O)c1. The maximum Gasteiger partial charge on any atom is 0.226 e. The number of rotatable bonds is 4. The van der Waals surface area contributed by atoms with Crippen molar-refractivity contribution < 1.29 is 9.90 Å². The predicted octanol–water partition coefficient (Wildman–Crippen LogP) is 1.49. The lowest BCUT2D eigenvalue weighted by atomic mass is 10.1. The van der Waals surface area contributed by atoms with Gasteiger partial charge in [0, 0.05) is 19.6 Å². The third-order valence-corrected chi connectivity index (χ3v) is 3.85. The number of phenolic OH excluding ortho intramolecular Hbond substituents is 1. The van der Waals surface area contributed by atoms with E-state index < -0.39 is 0 Å². The fourth-order valence-electron chi connectivity index (χ4n) is 2.60. The van der Waals surface area contributed by atoms with Crippen LogP contribution in [0.5, 0.6) is 5.75 Å². The average molecular weight is 262 g/mol. The van der Waals surface area contributed by atoms with Crippen molar-refractivity contribution in [3.8, 4) is 5.75 Å². The summed E-state index contributed by atoms with van der Waals surface area (Å²) >= 11 is 0. The minimum Gasteiger partial charge on any atom is -0.508 e. The topological polar surface area (TPSA) is 43.8 Å². The van der Waals surface area contributed by atoms with Crippen molar-refractivity contribution in [2.24, 2.45) is 0 Å². The lowest BCUT2D eigenvalue weighted by molar-refractivity contribution is -0.129. The Balaban J connectivity index is 1.88. The Hall–Kier alpha value is -1.55. The lowest BCUT2D eigenvalue weighted by Gasteiger charge is -2.26. The third kappa shape index (κ3) is 3.70. The number of aromatic hydroxyl groups is 1. The molecule has 0 radical (unpaired) electrons. The molecular weight excluding hydrogens is 240 g/mol. The Labute approximate surface area is 114 Å². The summed E-state index contributed by atoms with van der Waals surface area (Å²) in [6.07, 6.45) is 2.73. The Morgan fingerprint density at radius 1 is 1.53 bits per heavy atom. The summed E-state index contributed by atoms with van der Waals surface area (Å²) in [6.45, 7) is 1.91. The van der Waals surface area contributed by atoms with E-state index in [-0.39, 0.29) is 11.7 Å². The van der Waals surface area contributed by atoms with Crippen molar-refractivity contribution in [3.05, 3.63) is 29.8 Å². The molecule has 4 heteroatoms. The summed E-state index contributed by atoms with van der Waals surface area (Å²) in [5, 5.41) is 9.40. The van der Waals surface area contributed by atoms with Gasteiger partial charge in [-0.1, -0.05) is 12.1 Å². The van der Waals surface area contributed by atoms with Crippen LogP contribution in [0.25, 0.3) is 0 Å². The molecule has 19 heavy (non-hydrogen) atoms. The molecule has 0 aliphatic carbocycles. The molecule has 0 saturated carbocycles. The number of likely N-dealkylation sites (N-methyl/N-ethyl adjacent to an activating group) is 2. The summed E-state index contributed by atoms with van der Waals surface area (Å²) in [7, 11) is 3.97. The maximum atomic E-state index is 12.1. The number of carbonyl (C=O) groups excluding carboxylic acids is 1. The van der Waals surface area contributed by atoms with Crippen LogP contribution < -0.4 is 0 Å². The smallest absolute Gasteiger partial charge is 0.226 e. The quantitative estimate of drug-likeness (QED) is 0.894. The van der Waals surface area contributed by atoms with E-state index in [0.717, 1.165) is 18.7 Å². The first-order valence-electron chi connectivity index (χ1n) is 6.78. The largest absolute Gasteiger partial charge is 0.508 e. The molecule has 1 N–H and O–H groups in total. The Bertz CT molecular complexity index is 448. The zero-order valence-electron chi connectivity index (χ0n) is 11.7. The first kappa shape index (κ1) is 13.9. The molecule has 1 unspecified atom stereocenters. The minimum atomic E-state index is 0.103. The van der Waals surface area contributed by atoms with Crippen LogP contribution in [-0.2, 0) is 11.2 Å². The van der Waals surface area contributed by atoms with Crippen molar-refractivity contribution in [3.63, 3.8) is 0 Å². The highest BCUT2D eigenvalue weighted by Crippen LogP contribution is 2.16. The molecule has 4 nitrogen and oxygen atoms in total. The molecule has 1 aliphatic rings. The van der Waals surface area contributed by atoms with Gasteiger partial charge >= 0.3 is 0 Å². The summed E-state index contributed by atoms with van der Waals surface area (Å²) < 4.78 is 0. The van der Waals surface area contributed by atoms with Crippen LogP contribution in [0.3, 0.4) is 0 Å². The number of nitrogens with zero attached hydrogens (tertiary/aromatic N) is 2. The molecule has 1 saturated heterocycles. The molecule has 0 bridgehead atoms. The van der Waals surface area contributed by atoms with Crippen LogP contribution in [-0.4, -0.2) is 54.0 Å². The van der Waals surface area contributed by atoms with Gasteiger partial charge in [0.15, 0.2) is 0 Å². The summed E-state index contributed by atoms with van der Waals surface area (Å²) in [6, 6.07) is 7.38. The van der Waals surface area contributed by atoms with Crippen molar-refractivity contribution >= 4 is 5.91 Å². The second kappa shape index (κ2) is 6.06. The van der Waals surface area contributed by atoms with E-state index in [9.17, 15) is 9.90 Å². The highest BCUT2D eigenvalue weighted by Gasteiger charge is 2.23. The Morgan fingerprint density at radius 2 is 2.32 bits per heavy atom. The van der Waals surface area contributed by atoms with Crippen LogP contribution in [0.1, 0.15) is 18.4 Å². The highest BCUT2D eigenvalue weighted by atomic mass is 16.3. The van der Waals surface area contributed by atoms with Crippen molar-refractivity contribution in [2.75, 3.05) is 27.2 Å². The standard InChI is InChI=1S/C15H22N2O2/c1-16-8-4-6-13(16)11-17(2)15(19)10-12-5-3-7-14(18)9-12/h3,5,7,9,13,18H,4,6,8,10-11H2,1-2H3. The summed E-state index contributed by atoms with van der Waals surface area (Å²) in [4.78, 5) is 16.3. The molecule has 1 fully saturated rings. The zero-order chi connectivity index (χ0) is 13.8. The van der Waals surface area contributed by atoms with Gasteiger partial charge in [-0.05, 0) is 44.1 Å². The second-order valence-electron chi connectivity index (χ2n) is 5.40. The van der Waals surface area contributed by atoms with Gasteiger partial charge in [-0.2, -0.15) is 0 Å². The van der Waals surface area contributed by atoms with Crippen LogP contribution in [0.2, 0.25) is 0 Å². The van der Waals surface area contributed by atoms with Crippen LogP contribution in [0.15, 0.2) is 24.3 Å². The van der Waals surface area contributed by atoms with Crippen molar-refractivity contribution in [2.45, 2.75) is 25.3 Å². The first-order chi connectivity index (χ1) is 9.06. The molecule has 1 aromatic carbocycles.